The Hall–Kier alpha value is -2.88. The van der Waals surface area contributed by atoms with E-state index in [1.54, 1.807) is 36.4 Å². The molecule has 116 valence electrons. The number of nitrogens with one attached hydrogen (secondary N) is 3. The number of amides is 3. The van der Waals surface area contributed by atoms with E-state index in [9.17, 15) is 14.4 Å². The molecule has 1 aromatic rings. The van der Waals surface area contributed by atoms with Gasteiger partial charge in [-0.3, -0.25) is 14.4 Å². The molecule has 0 aromatic heterocycles. The van der Waals surface area contributed by atoms with E-state index in [1.165, 1.54) is 0 Å². The summed E-state index contributed by atoms with van der Waals surface area (Å²) in [5, 5.41) is 16.0. The number of rotatable bonds is 8. The summed E-state index contributed by atoms with van der Waals surface area (Å²) < 4.78 is 0. The van der Waals surface area contributed by atoms with Gasteiger partial charge >= 0.3 is 0 Å². The summed E-state index contributed by atoms with van der Waals surface area (Å²) in [6, 6.07) is 10.4. The van der Waals surface area contributed by atoms with Crippen molar-refractivity contribution in [2.45, 2.75) is 12.8 Å². The number of hydrogen-bond donors (Lipinski definition) is 3. The molecule has 0 bridgehead atoms. The van der Waals surface area contributed by atoms with Crippen molar-refractivity contribution in [3.8, 4) is 6.07 Å². The van der Waals surface area contributed by atoms with Crippen molar-refractivity contribution >= 4 is 17.7 Å². The van der Waals surface area contributed by atoms with Gasteiger partial charge in [-0.2, -0.15) is 5.26 Å². The molecule has 3 N–H and O–H groups in total. The molecule has 7 nitrogen and oxygen atoms in total. The second-order valence-corrected chi connectivity index (χ2v) is 4.44. The second kappa shape index (κ2) is 9.94. The highest BCUT2D eigenvalue weighted by molar-refractivity contribution is 5.96. The lowest BCUT2D eigenvalue weighted by Gasteiger charge is -2.07. The van der Waals surface area contributed by atoms with Crippen molar-refractivity contribution in [3.63, 3.8) is 0 Å². The van der Waals surface area contributed by atoms with Crippen LogP contribution in [-0.4, -0.2) is 37.4 Å². The quantitative estimate of drug-likeness (QED) is 0.585. The highest BCUT2D eigenvalue weighted by Crippen LogP contribution is 1.97. The van der Waals surface area contributed by atoms with Gasteiger partial charge in [0.2, 0.25) is 11.8 Å². The van der Waals surface area contributed by atoms with Crippen LogP contribution in [0.15, 0.2) is 30.3 Å². The monoisotopic (exact) mass is 302 g/mol. The number of carbonyl (C=O) groups excluding carboxylic acids is 3. The molecule has 1 rings (SSSR count). The Bertz CT molecular complexity index is 552. The lowest BCUT2D eigenvalue weighted by Crippen LogP contribution is -2.38. The van der Waals surface area contributed by atoms with Gasteiger partial charge in [-0.05, 0) is 18.6 Å². The summed E-state index contributed by atoms with van der Waals surface area (Å²) in [6.07, 6.45) is 0.382. The summed E-state index contributed by atoms with van der Waals surface area (Å²) >= 11 is 0. The molecule has 0 saturated heterocycles. The molecule has 0 fully saturated rings. The van der Waals surface area contributed by atoms with Gasteiger partial charge in [0.05, 0.1) is 12.6 Å². The van der Waals surface area contributed by atoms with Crippen LogP contribution in [0.3, 0.4) is 0 Å². The maximum Gasteiger partial charge on any atom is 0.251 e. The first-order valence-electron chi connectivity index (χ1n) is 6.87. The first-order valence-corrected chi connectivity index (χ1v) is 6.87. The predicted octanol–water partition coefficient (Wildman–Crippen LogP) is -0.0474. The Balaban J connectivity index is 2.10. The third-order valence-electron chi connectivity index (χ3n) is 2.68. The summed E-state index contributed by atoms with van der Waals surface area (Å²) in [7, 11) is 0. The summed E-state index contributed by atoms with van der Waals surface area (Å²) in [4.78, 5) is 34.2. The minimum absolute atomic E-state index is 0.103. The fraction of sp³-hybridized carbons (Fsp3) is 0.333. The van der Waals surface area contributed by atoms with Gasteiger partial charge in [0.15, 0.2) is 0 Å². The van der Waals surface area contributed by atoms with Crippen LogP contribution in [0, 0.1) is 11.3 Å². The molecule has 0 aliphatic carbocycles. The van der Waals surface area contributed by atoms with Crippen LogP contribution in [0.4, 0.5) is 0 Å². The van der Waals surface area contributed by atoms with E-state index in [2.05, 4.69) is 16.0 Å². The van der Waals surface area contributed by atoms with E-state index in [-0.39, 0.29) is 30.7 Å². The van der Waals surface area contributed by atoms with Gasteiger partial charge < -0.3 is 16.0 Å². The zero-order chi connectivity index (χ0) is 16.2. The van der Waals surface area contributed by atoms with Crippen LogP contribution in [-0.2, 0) is 9.59 Å². The molecule has 3 amide bonds. The van der Waals surface area contributed by atoms with Crippen LogP contribution < -0.4 is 16.0 Å². The topological polar surface area (TPSA) is 111 Å². The Morgan fingerprint density at radius 3 is 2.23 bits per heavy atom. The van der Waals surface area contributed by atoms with Crippen LogP contribution in [0.5, 0.6) is 0 Å². The van der Waals surface area contributed by atoms with Crippen molar-refractivity contribution in [3.05, 3.63) is 35.9 Å². The highest BCUT2D eigenvalue weighted by atomic mass is 16.2. The zero-order valence-electron chi connectivity index (χ0n) is 12.1. The fourth-order valence-electron chi connectivity index (χ4n) is 1.59. The molecular formula is C15H18N4O3. The maximum atomic E-state index is 11.7. The lowest BCUT2D eigenvalue weighted by atomic mass is 10.2. The van der Waals surface area contributed by atoms with Crippen LogP contribution in [0.1, 0.15) is 23.2 Å². The minimum atomic E-state index is -0.330. The van der Waals surface area contributed by atoms with Crippen LogP contribution >= 0.6 is 0 Å². The SMILES string of the molecule is N#CCC(=O)NCCCNC(=O)CNC(=O)c1ccccc1. The number of nitriles is 1. The van der Waals surface area contributed by atoms with E-state index < -0.39 is 0 Å². The molecule has 0 aliphatic heterocycles. The van der Waals surface area contributed by atoms with E-state index >= 15 is 0 Å². The van der Waals surface area contributed by atoms with Gasteiger partial charge in [0.25, 0.3) is 5.91 Å². The van der Waals surface area contributed by atoms with E-state index in [1.807, 2.05) is 0 Å². The average molecular weight is 302 g/mol. The standard InChI is InChI=1S/C15H18N4O3/c16-8-7-13(20)17-9-4-10-18-14(21)11-19-15(22)12-5-2-1-3-6-12/h1-3,5-6H,4,7,9-11H2,(H,17,20)(H,18,21)(H,19,22). The van der Waals surface area contributed by atoms with Gasteiger partial charge in [-0.25, -0.2) is 0 Å². The minimum Gasteiger partial charge on any atom is -0.355 e. The molecule has 22 heavy (non-hydrogen) atoms. The smallest absolute Gasteiger partial charge is 0.251 e. The second-order valence-electron chi connectivity index (χ2n) is 4.44. The Morgan fingerprint density at radius 2 is 1.59 bits per heavy atom. The van der Waals surface area contributed by atoms with Crippen molar-refractivity contribution in [2.75, 3.05) is 19.6 Å². The lowest BCUT2D eigenvalue weighted by molar-refractivity contribution is -0.120. The average Bonchev–Trinajstić information content (AvgIpc) is 2.53. The van der Waals surface area contributed by atoms with Gasteiger partial charge in [-0.15, -0.1) is 0 Å². The van der Waals surface area contributed by atoms with Crippen molar-refractivity contribution in [1.82, 2.24) is 16.0 Å². The molecule has 0 unspecified atom stereocenters. The van der Waals surface area contributed by atoms with E-state index in [0.717, 1.165) is 0 Å². The third kappa shape index (κ3) is 7.05. The first-order chi connectivity index (χ1) is 10.6. The van der Waals surface area contributed by atoms with Crippen LogP contribution in [0.2, 0.25) is 0 Å². The zero-order valence-corrected chi connectivity index (χ0v) is 12.1. The van der Waals surface area contributed by atoms with Crippen molar-refractivity contribution in [1.29, 1.82) is 5.26 Å². The van der Waals surface area contributed by atoms with Gasteiger partial charge in [0, 0.05) is 18.7 Å². The van der Waals surface area contributed by atoms with Gasteiger partial charge in [-0.1, -0.05) is 18.2 Å². The molecule has 0 saturated carbocycles. The fourth-order valence-corrected chi connectivity index (χ4v) is 1.59. The third-order valence-corrected chi connectivity index (χ3v) is 2.68. The number of carbonyl (C=O) groups is 3. The number of nitrogens with zero attached hydrogens (tertiary/aromatic N) is 1. The number of hydrogen-bond acceptors (Lipinski definition) is 4. The normalized spacial score (nSPS) is 9.41. The molecule has 0 radical (unpaired) electrons. The molecule has 1 aromatic carbocycles. The van der Waals surface area contributed by atoms with Crippen molar-refractivity contribution in [2.24, 2.45) is 0 Å². The summed E-state index contributed by atoms with van der Waals surface area (Å²) in [6.45, 7) is 0.665. The maximum absolute atomic E-state index is 11.7. The molecule has 0 heterocycles. The Kier molecular flexibility index (Phi) is 7.76. The van der Waals surface area contributed by atoms with E-state index in [4.69, 9.17) is 5.26 Å². The molecular weight excluding hydrogens is 284 g/mol. The molecule has 0 atom stereocenters. The predicted molar refractivity (Wildman–Crippen MR) is 79.6 cm³/mol. The Labute approximate surface area is 128 Å². The largest absolute Gasteiger partial charge is 0.355 e. The first kappa shape index (κ1) is 17.2. The number of benzene rings is 1. The van der Waals surface area contributed by atoms with Crippen LogP contribution in [0.25, 0.3) is 0 Å². The summed E-state index contributed by atoms with van der Waals surface area (Å²) in [5.41, 5.74) is 0.496. The molecule has 7 heteroatoms. The summed E-state index contributed by atoms with van der Waals surface area (Å²) in [5.74, 6) is -0.934. The Morgan fingerprint density at radius 1 is 0.955 bits per heavy atom. The molecule has 0 aliphatic rings. The van der Waals surface area contributed by atoms with Gasteiger partial charge in [0.1, 0.15) is 6.42 Å². The van der Waals surface area contributed by atoms with Crippen molar-refractivity contribution < 1.29 is 14.4 Å². The van der Waals surface area contributed by atoms with E-state index in [0.29, 0.717) is 25.1 Å². The highest BCUT2D eigenvalue weighted by Gasteiger charge is 2.06. The molecule has 0 spiro atoms.